The zero-order valence-corrected chi connectivity index (χ0v) is 11.5. The van der Waals surface area contributed by atoms with Gasteiger partial charge in [0.15, 0.2) is 0 Å². The number of benzene rings is 1. The van der Waals surface area contributed by atoms with E-state index in [1.54, 1.807) is 0 Å². The van der Waals surface area contributed by atoms with Crippen LogP contribution in [0, 0.1) is 11.8 Å². The lowest BCUT2D eigenvalue weighted by atomic mass is 9.79. The molecule has 2 fully saturated rings. The molecule has 0 bridgehead atoms. The van der Waals surface area contributed by atoms with Crippen LogP contribution in [0.15, 0.2) is 35.3 Å². The van der Waals surface area contributed by atoms with Gasteiger partial charge in [-0.1, -0.05) is 36.8 Å². The molecule has 1 aromatic rings. The first-order valence-electron chi connectivity index (χ1n) is 7.42. The van der Waals surface area contributed by atoms with E-state index in [1.165, 1.54) is 12.8 Å². The Hall–Kier alpha value is -1.84. The molecular weight excluding hydrogens is 250 g/mol. The zero-order chi connectivity index (χ0) is 13.7. The van der Waals surface area contributed by atoms with E-state index in [-0.39, 0.29) is 11.6 Å². The molecule has 1 heterocycles. The lowest BCUT2D eigenvalue weighted by Gasteiger charge is -2.41. The number of carbonyl (C=O) groups is 1. The third kappa shape index (κ3) is 1.54. The van der Waals surface area contributed by atoms with Crippen LogP contribution in [0.25, 0.3) is 0 Å². The largest absolute Gasteiger partial charge is 0.385 e. The Morgan fingerprint density at radius 1 is 1.35 bits per heavy atom. The summed E-state index contributed by atoms with van der Waals surface area (Å²) in [5, 5.41) is 0. The van der Waals surface area contributed by atoms with Gasteiger partial charge in [-0.3, -0.25) is 0 Å². The molecule has 4 nitrogen and oxygen atoms in total. The van der Waals surface area contributed by atoms with Crippen molar-refractivity contribution in [3.63, 3.8) is 0 Å². The maximum atomic E-state index is 12.3. The van der Waals surface area contributed by atoms with Crippen LogP contribution in [0.4, 0.5) is 4.79 Å². The Morgan fingerprint density at radius 2 is 2.15 bits per heavy atom. The maximum Gasteiger partial charge on any atom is 0.346 e. The zero-order valence-electron chi connectivity index (χ0n) is 11.5. The summed E-state index contributed by atoms with van der Waals surface area (Å²) in [5.74, 6) is 1.85. The smallest absolute Gasteiger partial charge is 0.346 e. The van der Waals surface area contributed by atoms with Crippen molar-refractivity contribution in [2.45, 2.75) is 37.8 Å². The molecule has 3 atom stereocenters. The summed E-state index contributed by atoms with van der Waals surface area (Å²) >= 11 is 0. The molecule has 2 amide bonds. The van der Waals surface area contributed by atoms with Crippen molar-refractivity contribution in [3.05, 3.63) is 35.9 Å². The minimum atomic E-state index is -0.282. The van der Waals surface area contributed by atoms with Crippen molar-refractivity contribution in [1.29, 1.82) is 0 Å². The van der Waals surface area contributed by atoms with Crippen LogP contribution in [0.2, 0.25) is 0 Å². The van der Waals surface area contributed by atoms with E-state index in [1.807, 2.05) is 23.1 Å². The molecule has 0 saturated heterocycles. The topological polar surface area (TPSA) is 58.7 Å². The monoisotopic (exact) mass is 269 g/mol. The molecule has 0 radical (unpaired) electrons. The first kappa shape index (κ1) is 11.9. The van der Waals surface area contributed by atoms with E-state index in [0.717, 1.165) is 24.3 Å². The highest BCUT2D eigenvalue weighted by atomic mass is 16.2. The van der Waals surface area contributed by atoms with Gasteiger partial charge >= 0.3 is 6.03 Å². The molecule has 0 aromatic heterocycles. The van der Waals surface area contributed by atoms with Gasteiger partial charge in [0, 0.05) is 6.54 Å². The Balaban J connectivity index is 1.69. The van der Waals surface area contributed by atoms with Crippen LogP contribution in [0.1, 0.15) is 31.2 Å². The number of carbonyl (C=O) groups excluding carboxylic acids is 1. The summed E-state index contributed by atoms with van der Waals surface area (Å²) in [7, 11) is 0. The van der Waals surface area contributed by atoms with Crippen molar-refractivity contribution in [1.82, 2.24) is 4.90 Å². The summed E-state index contributed by atoms with van der Waals surface area (Å²) in [6.45, 7) is 0.618. The molecule has 3 unspecified atom stereocenters. The molecule has 20 heavy (non-hydrogen) atoms. The number of amides is 2. The molecule has 4 heteroatoms. The van der Waals surface area contributed by atoms with Crippen molar-refractivity contribution >= 4 is 11.9 Å². The summed E-state index contributed by atoms with van der Waals surface area (Å²) in [6, 6.07) is 9.97. The van der Waals surface area contributed by atoms with Gasteiger partial charge in [-0.15, -0.1) is 0 Å². The van der Waals surface area contributed by atoms with Crippen LogP contribution >= 0.6 is 0 Å². The Labute approximate surface area is 118 Å². The van der Waals surface area contributed by atoms with Crippen molar-refractivity contribution in [3.8, 4) is 0 Å². The fraction of sp³-hybridized carbons (Fsp3) is 0.500. The number of fused-ring (bicyclic) bond motifs is 2. The van der Waals surface area contributed by atoms with Gasteiger partial charge in [-0.2, -0.15) is 4.99 Å². The minimum Gasteiger partial charge on any atom is -0.385 e. The summed E-state index contributed by atoms with van der Waals surface area (Å²) in [6.07, 6.45) is 4.61. The number of hydrogen-bond acceptors (Lipinski definition) is 2. The molecule has 3 aliphatic rings. The molecule has 2 aliphatic carbocycles. The highest BCUT2D eigenvalue weighted by Gasteiger charge is 2.63. The number of urea groups is 1. The van der Waals surface area contributed by atoms with Crippen molar-refractivity contribution in [2.75, 3.05) is 0 Å². The number of nitrogens with two attached hydrogens (primary N) is 1. The number of nitrogens with zero attached hydrogens (tertiary/aromatic N) is 2. The van der Waals surface area contributed by atoms with Gasteiger partial charge in [0.25, 0.3) is 0 Å². The van der Waals surface area contributed by atoms with Gasteiger partial charge in [-0.05, 0) is 36.7 Å². The predicted molar refractivity (Wildman–Crippen MR) is 77.2 cm³/mol. The second kappa shape index (κ2) is 4.08. The van der Waals surface area contributed by atoms with Gasteiger partial charge in [0.05, 0.1) is 0 Å². The van der Waals surface area contributed by atoms with E-state index >= 15 is 0 Å². The molecular formula is C16H19N3O. The molecule has 1 spiro atoms. The fourth-order valence-electron chi connectivity index (χ4n) is 4.17. The summed E-state index contributed by atoms with van der Waals surface area (Å²) in [4.78, 5) is 18.3. The average molecular weight is 269 g/mol. The SMILES string of the molecule is NC1=NC(=O)N(Cc2ccccc2)C12CCCC1CC12. The lowest BCUT2D eigenvalue weighted by Crippen LogP contribution is -2.56. The van der Waals surface area contributed by atoms with Gasteiger partial charge in [0.1, 0.15) is 11.4 Å². The number of hydrogen-bond donors (Lipinski definition) is 1. The van der Waals surface area contributed by atoms with Gasteiger partial charge in [-0.25, -0.2) is 4.79 Å². The highest BCUT2D eigenvalue weighted by molar-refractivity contribution is 6.06. The second-order valence-corrected chi connectivity index (χ2v) is 6.27. The minimum absolute atomic E-state index is 0.154. The van der Waals surface area contributed by atoms with Gasteiger partial charge < -0.3 is 10.6 Å². The van der Waals surface area contributed by atoms with E-state index in [4.69, 9.17) is 5.73 Å². The van der Waals surface area contributed by atoms with Crippen molar-refractivity contribution < 1.29 is 4.79 Å². The number of aliphatic imine (C=N–C) groups is 1. The normalized spacial score (nSPS) is 35.1. The van der Waals surface area contributed by atoms with Crippen LogP contribution in [0.5, 0.6) is 0 Å². The summed E-state index contributed by atoms with van der Waals surface area (Å²) in [5.41, 5.74) is 7.05. The van der Waals surface area contributed by atoms with Crippen molar-refractivity contribution in [2.24, 2.45) is 22.6 Å². The van der Waals surface area contributed by atoms with E-state index in [2.05, 4.69) is 17.1 Å². The third-order valence-electron chi connectivity index (χ3n) is 5.22. The number of rotatable bonds is 2. The lowest BCUT2D eigenvalue weighted by molar-refractivity contribution is 0.127. The molecule has 2 N–H and O–H groups in total. The molecule has 4 rings (SSSR count). The van der Waals surface area contributed by atoms with Gasteiger partial charge in [0.2, 0.25) is 0 Å². The van der Waals surface area contributed by atoms with Crippen LogP contribution in [-0.4, -0.2) is 22.3 Å². The fourth-order valence-corrected chi connectivity index (χ4v) is 4.17. The predicted octanol–water partition coefficient (Wildman–Crippen LogP) is 2.54. The Bertz CT molecular complexity index is 583. The van der Waals surface area contributed by atoms with E-state index in [9.17, 15) is 4.79 Å². The highest BCUT2D eigenvalue weighted by Crippen LogP contribution is 2.58. The standard InChI is InChI=1S/C16H19N3O/c17-14-16(8-4-7-12-9-13(12)16)19(15(20)18-14)10-11-5-2-1-3-6-11/h1-3,5-6,12-13H,4,7-10H2,(H2,17,18,20). The van der Waals surface area contributed by atoms with Crippen LogP contribution in [-0.2, 0) is 6.54 Å². The second-order valence-electron chi connectivity index (χ2n) is 6.27. The van der Waals surface area contributed by atoms with Crippen LogP contribution < -0.4 is 5.73 Å². The Kier molecular flexibility index (Phi) is 2.43. The molecule has 1 aromatic carbocycles. The average Bonchev–Trinajstić information content (AvgIpc) is 3.21. The quantitative estimate of drug-likeness (QED) is 0.897. The molecule has 104 valence electrons. The Morgan fingerprint density at radius 3 is 2.95 bits per heavy atom. The number of amidine groups is 1. The molecule has 2 saturated carbocycles. The third-order valence-corrected chi connectivity index (χ3v) is 5.22. The van der Waals surface area contributed by atoms with Crippen LogP contribution in [0.3, 0.4) is 0 Å². The van der Waals surface area contributed by atoms with E-state index in [0.29, 0.717) is 18.3 Å². The van der Waals surface area contributed by atoms with E-state index < -0.39 is 0 Å². The summed E-state index contributed by atoms with van der Waals surface area (Å²) < 4.78 is 0. The maximum absolute atomic E-state index is 12.3. The first-order valence-corrected chi connectivity index (χ1v) is 7.42. The molecule has 1 aliphatic heterocycles. The first-order chi connectivity index (χ1) is 9.72.